The minimum Gasteiger partial charge on any atom is -0.508 e. The molecule has 0 spiro atoms. The predicted molar refractivity (Wildman–Crippen MR) is 48.6 cm³/mol. The van der Waals surface area contributed by atoms with E-state index in [2.05, 4.69) is 0 Å². The molecule has 3 heteroatoms. The molecule has 0 unspecified atom stereocenters. The molecule has 3 nitrogen and oxygen atoms in total. The number of hydrogen-bond donors (Lipinski definition) is 3. The molecule has 12 heavy (non-hydrogen) atoms. The van der Waals surface area contributed by atoms with Crippen LogP contribution in [0.25, 0.3) is 0 Å². The summed E-state index contributed by atoms with van der Waals surface area (Å²) in [5.41, 5.74) is 12.8. The van der Waals surface area contributed by atoms with Gasteiger partial charge in [0.15, 0.2) is 0 Å². The van der Waals surface area contributed by atoms with Gasteiger partial charge in [0.1, 0.15) is 5.75 Å². The molecule has 1 aromatic rings. The van der Waals surface area contributed by atoms with Crippen molar-refractivity contribution in [1.82, 2.24) is 0 Å². The first-order chi connectivity index (χ1) is 5.65. The number of aromatic hydroxyl groups is 1. The summed E-state index contributed by atoms with van der Waals surface area (Å²) in [5.74, 6) is 0.238. The van der Waals surface area contributed by atoms with Gasteiger partial charge in [-0.2, -0.15) is 0 Å². The molecule has 0 aromatic heterocycles. The van der Waals surface area contributed by atoms with E-state index in [1.807, 2.05) is 13.0 Å². The van der Waals surface area contributed by atoms with Gasteiger partial charge in [0.25, 0.3) is 0 Å². The minimum atomic E-state index is -0.156. The lowest BCUT2D eigenvalue weighted by Gasteiger charge is -2.09. The quantitative estimate of drug-likeness (QED) is 0.610. The van der Waals surface area contributed by atoms with Crippen molar-refractivity contribution in [3.8, 4) is 5.75 Å². The Morgan fingerprint density at radius 2 is 2.17 bits per heavy atom. The molecule has 0 heterocycles. The van der Waals surface area contributed by atoms with Crippen LogP contribution in [-0.4, -0.2) is 5.11 Å². The lowest BCUT2D eigenvalue weighted by molar-refractivity contribution is 0.463. The molecule has 66 valence electrons. The van der Waals surface area contributed by atoms with E-state index >= 15 is 0 Å². The zero-order valence-electron chi connectivity index (χ0n) is 7.12. The van der Waals surface area contributed by atoms with Crippen LogP contribution in [-0.2, 0) is 6.54 Å². The number of phenolic OH excluding ortho intramolecular Hbond substituents is 1. The molecule has 0 amide bonds. The lowest BCUT2D eigenvalue weighted by atomic mass is 10.0. The summed E-state index contributed by atoms with van der Waals surface area (Å²) in [6, 6.07) is 5.10. The first-order valence-corrected chi connectivity index (χ1v) is 3.92. The molecule has 0 bridgehead atoms. The summed E-state index contributed by atoms with van der Waals surface area (Å²) in [4.78, 5) is 0. The van der Waals surface area contributed by atoms with Crippen LogP contribution in [0.5, 0.6) is 5.75 Å². The van der Waals surface area contributed by atoms with Gasteiger partial charge in [0.2, 0.25) is 0 Å². The Morgan fingerprint density at radius 1 is 1.50 bits per heavy atom. The van der Waals surface area contributed by atoms with Crippen LogP contribution in [0.3, 0.4) is 0 Å². The molecule has 0 saturated carbocycles. The summed E-state index contributed by atoms with van der Waals surface area (Å²) in [6.45, 7) is 2.30. The van der Waals surface area contributed by atoms with Crippen molar-refractivity contribution in [2.75, 3.05) is 0 Å². The normalized spacial score (nSPS) is 12.9. The third-order valence-corrected chi connectivity index (χ3v) is 1.82. The third-order valence-electron chi connectivity index (χ3n) is 1.82. The first kappa shape index (κ1) is 9.03. The van der Waals surface area contributed by atoms with Gasteiger partial charge in [-0.05, 0) is 24.6 Å². The molecule has 5 N–H and O–H groups in total. The molecule has 0 aliphatic carbocycles. The van der Waals surface area contributed by atoms with E-state index in [1.54, 1.807) is 12.1 Å². The fraction of sp³-hybridized carbons (Fsp3) is 0.333. The van der Waals surface area contributed by atoms with Crippen molar-refractivity contribution in [2.24, 2.45) is 11.5 Å². The van der Waals surface area contributed by atoms with Gasteiger partial charge in [-0.1, -0.05) is 6.07 Å². The number of hydrogen-bond acceptors (Lipinski definition) is 3. The van der Waals surface area contributed by atoms with Crippen molar-refractivity contribution in [3.63, 3.8) is 0 Å². The fourth-order valence-electron chi connectivity index (χ4n) is 1.10. The van der Waals surface area contributed by atoms with E-state index < -0.39 is 0 Å². The smallest absolute Gasteiger partial charge is 0.120 e. The molecule has 1 atom stereocenters. The number of benzene rings is 1. The van der Waals surface area contributed by atoms with Crippen molar-refractivity contribution >= 4 is 0 Å². The molecule has 0 aliphatic rings. The van der Waals surface area contributed by atoms with E-state index in [0.717, 1.165) is 11.1 Å². The molecule has 1 rings (SSSR count). The monoisotopic (exact) mass is 166 g/mol. The topological polar surface area (TPSA) is 72.3 Å². The molecule has 0 saturated heterocycles. The van der Waals surface area contributed by atoms with Gasteiger partial charge >= 0.3 is 0 Å². The largest absolute Gasteiger partial charge is 0.508 e. The summed E-state index contributed by atoms with van der Waals surface area (Å²) < 4.78 is 0. The first-order valence-electron chi connectivity index (χ1n) is 3.92. The van der Waals surface area contributed by atoms with E-state index in [-0.39, 0.29) is 11.8 Å². The molecule has 0 fully saturated rings. The summed E-state index contributed by atoms with van der Waals surface area (Å²) in [5, 5.41) is 9.38. The Kier molecular flexibility index (Phi) is 2.68. The molecular weight excluding hydrogens is 152 g/mol. The highest BCUT2D eigenvalue weighted by Crippen LogP contribution is 2.23. The molecule has 0 aliphatic heterocycles. The second kappa shape index (κ2) is 3.56. The highest BCUT2D eigenvalue weighted by Gasteiger charge is 2.05. The van der Waals surface area contributed by atoms with Crippen LogP contribution in [0.15, 0.2) is 18.2 Å². The van der Waals surface area contributed by atoms with Gasteiger partial charge in [-0.25, -0.2) is 0 Å². The molecule has 1 aromatic carbocycles. The molecule has 0 radical (unpaired) electrons. The van der Waals surface area contributed by atoms with Crippen LogP contribution in [0.1, 0.15) is 24.1 Å². The maximum atomic E-state index is 9.38. The SMILES string of the molecule is C[C@H](N)c1cc(CN)ccc1O. The van der Waals surface area contributed by atoms with Gasteiger partial charge < -0.3 is 16.6 Å². The van der Waals surface area contributed by atoms with E-state index in [0.29, 0.717) is 6.54 Å². The highest BCUT2D eigenvalue weighted by atomic mass is 16.3. The average Bonchev–Trinajstić information content (AvgIpc) is 2.05. The lowest BCUT2D eigenvalue weighted by Crippen LogP contribution is -2.06. The highest BCUT2D eigenvalue weighted by molar-refractivity contribution is 5.37. The van der Waals surface area contributed by atoms with Gasteiger partial charge in [0, 0.05) is 18.2 Å². The number of phenols is 1. The Balaban J connectivity index is 3.08. The van der Waals surface area contributed by atoms with Gasteiger partial charge in [-0.15, -0.1) is 0 Å². The van der Waals surface area contributed by atoms with Crippen molar-refractivity contribution in [2.45, 2.75) is 19.5 Å². The van der Waals surface area contributed by atoms with Gasteiger partial charge in [-0.3, -0.25) is 0 Å². The maximum absolute atomic E-state index is 9.38. The minimum absolute atomic E-state index is 0.156. The zero-order valence-corrected chi connectivity index (χ0v) is 7.12. The zero-order chi connectivity index (χ0) is 9.14. The fourth-order valence-corrected chi connectivity index (χ4v) is 1.10. The second-order valence-electron chi connectivity index (χ2n) is 2.89. The Labute approximate surface area is 72.0 Å². The number of rotatable bonds is 2. The van der Waals surface area contributed by atoms with E-state index in [1.165, 1.54) is 0 Å². The maximum Gasteiger partial charge on any atom is 0.120 e. The van der Waals surface area contributed by atoms with E-state index in [4.69, 9.17) is 11.5 Å². The van der Waals surface area contributed by atoms with Gasteiger partial charge in [0.05, 0.1) is 0 Å². The summed E-state index contributed by atoms with van der Waals surface area (Å²) in [7, 11) is 0. The molecular formula is C9H14N2O. The van der Waals surface area contributed by atoms with Crippen molar-refractivity contribution < 1.29 is 5.11 Å². The van der Waals surface area contributed by atoms with Crippen LogP contribution in [0.2, 0.25) is 0 Å². The van der Waals surface area contributed by atoms with Crippen molar-refractivity contribution in [1.29, 1.82) is 0 Å². The second-order valence-corrected chi connectivity index (χ2v) is 2.89. The number of nitrogens with two attached hydrogens (primary N) is 2. The van der Waals surface area contributed by atoms with Crippen LogP contribution in [0.4, 0.5) is 0 Å². The average molecular weight is 166 g/mol. The standard InChI is InChI=1S/C9H14N2O/c1-6(11)8-4-7(5-10)2-3-9(8)12/h2-4,6,12H,5,10-11H2,1H3/t6-/m0/s1. The predicted octanol–water partition coefficient (Wildman–Crippen LogP) is 0.871. The third kappa shape index (κ3) is 1.75. The summed E-state index contributed by atoms with van der Waals surface area (Å²) >= 11 is 0. The Morgan fingerprint density at radius 3 is 2.67 bits per heavy atom. The van der Waals surface area contributed by atoms with Crippen molar-refractivity contribution in [3.05, 3.63) is 29.3 Å². The van der Waals surface area contributed by atoms with Crippen LogP contribution in [0, 0.1) is 0 Å². The summed E-state index contributed by atoms with van der Waals surface area (Å²) in [6.07, 6.45) is 0. The van der Waals surface area contributed by atoms with Crippen LogP contribution < -0.4 is 11.5 Å². The Hall–Kier alpha value is -1.06. The Bertz CT molecular complexity index is 271. The van der Waals surface area contributed by atoms with Crippen LogP contribution >= 0.6 is 0 Å². The van der Waals surface area contributed by atoms with E-state index in [9.17, 15) is 5.11 Å².